The minimum atomic E-state index is -0.550. The highest BCUT2D eigenvalue weighted by Crippen LogP contribution is 2.24. The fourth-order valence-corrected chi connectivity index (χ4v) is 1.54. The van der Waals surface area contributed by atoms with Crippen molar-refractivity contribution in [2.24, 2.45) is 0 Å². The lowest BCUT2D eigenvalue weighted by Crippen LogP contribution is -2.57. The molecule has 1 heterocycles. The molecule has 1 atom stereocenters. The van der Waals surface area contributed by atoms with E-state index in [0.29, 0.717) is 13.0 Å². The van der Waals surface area contributed by atoms with Gasteiger partial charge in [0, 0.05) is 6.54 Å². The first-order chi connectivity index (χ1) is 7.99. The molecule has 0 saturated carbocycles. The minimum Gasteiger partial charge on any atom is -0.458 e. The van der Waals surface area contributed by atoms with Crippen molar-refractivity contribution in [2.75, 3.05) is 6.54 Å². The maximum absolute atomic E-state index is 11.8. The number of carbonyl (C=O) groups is 2. The second kappa shape index (κ2) is 4.78. The topological polar surface area (TPSA) is 55.8 Å². The van der Waals surface area contributed by atoms with E-state index in [2.05, 4.69) is 0 Å². The lowest BCUT2D eigenvalue weighted by Gasteiger charge is -2.40. The highest BCUT2D eigenvalue weighted by Gasteiger charge is 2.42. The lowest BCUT2D eigenvalue weighted by atomic mass is 10.0. The Hall–Kier alpha value is -1.26. The number of nitrogens with zero attached hydrogens (tertiary/aromatic N) is 1. The number of ether oxygens (including phenoxy) is 2. The molecule has 0 radical (unpaired) electrons. The second-order valence-corrected chi connectivity index (χ2v) is 6.51. The van der Waals surface area contributed by atoms with Crippen molar-refractivity contribution < 1.29 is 19.1 Å². The van der Waals surface area contributed by atoms with Crippen LogP contribution in [0.3, 0.4) is 0 Å². The third-order valence-corrected chi connectivity index (χ3v) is 2.33. The van der Waals surface area contributed by atoms with E-state index in [1.807, 2.05) is 0 Å². The van der Waals surface area contributed by atoms with Gasteiger partial charge in [-0.25, -0.2) is 9.59 Å². The largest absolute Gasteiger partial charge is 0.458 e. The summed E-state index contributed by atoms with van der Waals surface area (Å²) in [6.07, 6.45) is 0.179. The molecule has 0 aliphatic carbocycles. The van der Waals surface area contributed by atoms with Crippen molar-refractivity contribution in [1.82, 2.24) is 4.90 Å². The lowest BCUT2D eigenvalue weighted by molar-refractivity contribution is -0.165. The molecule has 0 aromatic heterocycles. The van der Waals surface area contributed by atoms with Crippen molar-refractivity contribution in [3.63, 3.8) is 0 Å². The van der Waals surface area contributed by atoms with Crippen LogP contribution in [0.2, 0.25) is 0 Å². The van der Waals surface area contributed by atoms with Gasteiger partial charge >= 0.3 is 12.1 Å². The van der Waals surface area contributed by atoms with Crippen molar-refractivity contribution >= 4 is 12.1 Å². The van der Waals surface area contributed by atoms with Crippen LogP contribution in [0.4, 0.5) is 4.79 Å². The monoisotopic (exact) mass is 257 g/mol. The Morgan fingerprint density at radius 2 is 1.50 bits per heavy atom. The summed E-state index contributed by atoms with van der Waals surface area (Å²) >= 11 is 0. The molecular formula is C13H23NO4. The van der Waals surface area contributed by atoms with Gasteiger partial charge in [-0.1, -0.05) is 0 Å². The normalized spacial score (nSPS) is 20.1. The van der Waals surface area contributed by atoms with E-state index in [1.165, 1.54) is 4.90 Å². The van der Waals surface area contributed by atoms with Crippen LogP contribution in [-0.2, 0) is 14.3 Å². The van der Waals surface area contributed by atoms with Gasteiger partial charge in [-0.15, -0.1) is 0 Å². The van der Waals surface area contributed by atoms with Gasteiger partial charge in [0.25, 0.3) is 0 Å². The number of likely N-dealkylation sites (tertiary alicyclic amines) is 1. The molecule has 18 heavy (non-hydrogen) atoms. The Balaban J connectivity index is 2.56. The Bertz CT molecular complexity index is 304. The fourth-order valence-electron chi connectivity index (χ4n) is 1.54. The first-order valence-electron chi connectivity index (χ1n) is 6.22. The van der Waals surface area contributed by atoms with Crippen LogP contribution in [0.15, 0.2) is 0 Å². The van der Waals surface area contributed by atoms with Crippen LogP contribution >= 0.6 is 0 Å². The predicted molar refractivity (Wildman–Crippen MR) is 67.2 cm³/mol. The Kier molecular flexibility index (Phi) is 3.93. The zero-order chi connectivity index (χ0) is 14.1. The Morgan fingerprint density at radius 3 is 1.83 bits per heavy atom. The standard InChI is InChI=1S/C13H23NO4/c1-12(2,3)17-10(15)9-7-8-14(9)11(16)18-13(4,5)6/h9H,7-8H2,1-6H3. The van der Waals surface area contributed by atoms with E-state index in [-0.39, 0.29) is 5.97 Å². The molecule has 5 nitrogen and oxygen atoms in total. The van der Waals surface area contributed by atoms with Crippen LogP contribution < -0.4 is 0 Å². The van der Waals surface area contributed by atoms with E-state index in [0.717, 1.165) is 0 Å². The minimum absolute atomic E-state index is 0.361. The van der Waals surface area contributed by atoms with Crippen molar-refractivity contribution in [2.45, 2.75) is 65.2 Å². The van der Waals surface area contributed by atoms with Gasteiger partial charge in [0.2, 0.25) is 0 Å². The van der Waals surface area contributed by atoms with Crippen LogP contribution in [0.25, 0.3) is 0 Å². The molecule has 1 unspecified atom stereocenters. The molecule has 1 fully saturated rings. The Morgan fingerprint density at radius 1 is 1.00 bits per heavy atom. The van der Waals surface area contributed by atoms with Crippen LogP contribution in [0.5, 0.6) is 0 Å². The molecule has 104 valence electrons. The summed E-state index contributed by atoms with van der Waals surface area (Å²) in [5, 5.41) is 0. The Labute approximate surface area is 108 Å². The first kappa shape index (κ1) is 14.8. The van der Waals surface area contributed by atoms with Gasteiger partial charge in [0.05, 0.1) is 0 Å². The molecule has 0 spiro atoms. The summed E-state index contributed by atoms with van der Waals surface area (Å²) in [7, 11) is 0. The van der Waals surface area contributed by atoms with Crippen molar-refractivity contribution in [3.05, 3.63) is 0 Å². The average molecular weight is 257 g/mol. The highest BCUT2D eigenvalue weighted by molar-refractivity contribution is 5.83. The van der Waals surface area contributed by atoms with Gasteiger partial charge in [0.15, 0.2) is 0 Å². The first-order valence-corrected chi connectivity index (χ1v) is 6.22. The average Bonchev–Trinajstić information content (AvgIpc) is 1.91. The second-order valence-electron chi connectivity index (χ2n) is 6.51. The summed E-state index contributed by atoms with van der Waals surface area (Å²) in [6.45, 7) is 11.4. The van der Waals surface area contributed by atoms with Gasteiger partial charge in [0.1, 0.15) is 17.2 Å². The zero-order valence-electron chi connectivity index (χ0n) is 12.1. The highest BCUT2D eigenvalue weighted by atomic mass is 16.6. The molecule has 1 rings (SSSR count). The third-order valence-electron chi connectivity index (χ3n) is 2.33. The summed E-state index contributed by atoms with van der Waals surface area (Å²) < 4.78 is 10.5. The molecule has 1 amide bonds. The maximum atomic E-state index is 11.8. The van der Waals surface area contributed by atoms with Gasteiger partial charge in [-0.3, -0.25) is 4.90 Å². The van der Waals surface area contributed by atoms with Gasteiger partial charge in [-0.2, -0.15) is 0 Å². The van der Waals surface area contributed by atoms with Crippen molar-refractivity contribution in [3.8, 4) is 0 Å². The summed E-state index contributed by atoms with van der Waals surface area (Å²) in [6, 6.07) is -0.501. The van der Waals surface area contributed by atoms with Crippen LogP contribution in [0.1, 0.15) is 48.0 Å². The summed E-state index contributed by atoms with van der Waals surface area (Å²) in [4.78, 5) is 25.1. The van der Waals surface area contributed by atoms with Gasteiger partial charge in [-0.05, 0) is 48.0 Å². The molecular weight excluding hydrogens is 234 g/mol. The number of rotatable bonds is 1. The maximum Gasteiger partial charge on any atom is 0.411 e. The number of carbonyl (C=O) groups excluding carboxylic acids is 2. The molecule has 1 aliphatic rings. The number of amides is 1. The molecule has 5 heteroatoms. The molecule has 0 aromatic rings. The number of hydrogen-bond acceptors (Lipinski definition) is 4. The van der Waals surface area contributed by atoms with E-state index in [9.17, 15) is 9.59 Å². The molecule has 1 aliphatic heterocycles. The van der Waals surface area contributed by atoms with E-state index >= 15 is 0 Å². The summed E-state index contributed by atoms with van der Waals surface area (Å²) in [5.74, 6) is -0.361. The summed E-state index contributed by atoms with van der Waals surface area (Å²) in [5.41, 5.74) is -1.09. The van der Waals surface area contributed by atoms with E-state index in [4.69, 9.17) is 9.47 Å². The van der Waals surface area contributed by atoms with Gasteiger partial charge < -0.3 is 9.47 Å². The fraction of sp³-hybridized carbons (Fsp3) is 0.846. The molecule has 0 aromatic carbocycles. The van der Waals surface area contributed by atoms with Crippen LogP contribution in [-0.4, -0.2) is 40.8 Å². The number of esters is 1. The van der Waals surface area contributed by atoms with Crippen LogP contribution in [0, 0.1) is 0 Å². The molecule has 1 saturated heterocycles. The molecule has 0 N–H and O–H groups in total. The smallest absolute Gasteiger partial charge is 0.411 e. The number of hydrogen-bond donors (Lipinski definition) is 0. The predicted octanol–water partition coefficient (Wildman–Crippen LogP) is 2.34. The van der Waals surface area contributed by atoms with Crippen molar-refractivity contribution in [1.29, 1.82) is 0 Å². The third kappa shape index (κ3) is 4.20. The SMILES string of the molecule is CC(C)(C)OC(=O)C1CCN1C(=O)OC(C)(C)C. The van der Waals surface area contributed by atoms with E-state index in [1.54, 1.807) is 41.5 Å². The van der Waals surface area contributed by atoms with E-state index < -0.39 is 23.3 Å². The quantitative estimate of drug-likeness (QED) is 0.676. The molecule has 0 bridgehead atoms. The zero-order valence-corrected chi connectivity index (χ0v) is 12.1.